The van der Waals surface area contributed by atoms with Gasteiger partial charge in [0.25, 0.3) is 0 Å². The van der Waals surface area contributed by atoms with E-state index in [4.69, 9.17) is 0 Å². The molecule has 0 heterocycles. The molecular weight excluding hydrogens is 364 g/mol. The molecule has 0 saturated carbocycles. The molecule has 0 aliphatic carbocycles. The van der Waals surface area contributed by atoms with Crippen LogP contribution < -0.4 is 15.6 Å². The number of rotatable bonds is 9. The molecule has 6 nitrogen and oxygen atoms in total. The summed E-state index contributed by atoms with van der Waals surface area (Å²) in [5.74, 6) is -0.490. The van der Waals surface area contributed by atoms with Crippen LogP contribution in [0.4, 0.5) is 11.4 Å². The second kappa shape index (κ2) is 11.0. The Morgan fingerprint density at radius 2 is 1.59 bits per heavy atom. The highest BCUT2D eigenvalue weighted by Crippen LogP contribution is 2.15. The van der Waals surface area contributed by atoms with Crippen molar-refractivity contribution in [3.05, 3.63) is 59.2 Å². The Labute approximate surface area is 173 Å². The quantitative estimate of drug-likeness (QED) is 0.498. The second-order valence-corrected chi connectivity index (χ2v) is 6.90. The Morgan fingerprint density at radius 1 is 0.931 bits per heavy atom. The van der Waals surface area contributed by atoms with E-state index >= 15 is 0 Å². The fourth-order valence-corrected chi connectivity index (χ4v) is 2.86. The van der Waals surface area contributed by atoms with Gasteiger partial charge in [-0.1, -0.05) is 18.2 Å². The summed E-state index contributed by atoms with van der Waals surface area (Å²) in [7, 11) is 0. The molecule has 0 atom stereocenters. The molecule has 2 aromatic rings. The van der Waals surface area contributed by atoms with Crippen LogP contribution in [0.2, 0.25) is 0 Å². The number of nitrogens with zero attached hydrogens (tertiary/aromatic N) is 2. The van der Waals surface area contributed by atoms with Gasteiger partial charge in [-0.2, -0.15) is 5.10 Å². The molecule has 0 fully saturated rings. The molecule has 0 saturated heterocycles. The summed E-state index contributed by atoms with van der Waals surface area (Å²) in [6.07, 6.45) is 1.78. The molecular formula is C23H30N4O2. The predicted molar refractivity (Wildman–Crippen MR) is 120 cm³/mol. The number of anilines is 2. The predicted octanol–water partition coefficient (Wildman–Crippen LogP) is 4.02. The first-order valence-corrected chi connectivity index (χ1v) is 9.97. The minimum Gasteiger partial charge on any atom is -0.372 e. The number of nitrogens with one attached hydrogen (secondary N) is 2. The van der Waals surface area contributed by atoms with Crippen LogP contribution in [0, 0.1) is 13.8 Å². The van der Waals surface area contributed by atoms with Crippen LogP contribution in [0.25, 0.3) is 0 Å². The minimum absolute atomic E-state index is 0.0783. The van der Waals surface area contributed by atoms with E-state index in [0.29, 0.717) is 0 Å². The lowest BCUT2D eigenvalue weighted by Gasteiger charge is -2.20. The molecule has 6 heteroatoms. The molecule has 0 aliphatic rings. The molecule has 0 spiro atoms. The standard InChI is InChI=1S/C23H30N4O2/c1-5-27(6-2)21-11-8-19(9-12-21)16-24-26-23(29)14-13-22(28)25-20-10-7-17(3)18(4)15-20/h7-12,15-16H,5-6,13-14H2,1-4H3,(H,25,28)(H,26,29)/b24-16-. The summed E-state index contributed by atoms with van der Waals surface area (Å²) >= 11 is 0. The van der Waals surface area contributed by atoms with Crippen LogP contribution in [0.5, 0.6) is 0 Å². The van der Waals surface area contributed by atoms with Gasteiger partial charge in [0, 0.05) is 37.3 Å². The van der Waals surface area contributed by atoms with Gasteiger partial charge in [0.1, 0.15) is 0 Å². The van der Waals surface area contributed by atoms with Crippen molar-refractivity contribution in [3.8, 4) is 0 Å². The molecule has 0 unspecified atom stereocenters. The summed E-state index contributed by atoms with van der Waals surface area (Å²) in [5, 5.41) is 6.78. The van der Waals surface area contributed by atoms with Gasteiger partial charge in [0.2, 0.25) is 11.8 Å². The summed E-state index contributed by atoms with van der Waals surface area (Å²) in [6.45, 7) is 10.2. The maximum absolute atomic E-state index is 12.0. The number of hydrazone groups is 1. The average molecular weight is 395 g/mol. The van der Waals surface area contributed by atoms with Gasteiger partial charge in [0.15, 0.2) is 0 Å². The Kier molecular flexibility index (Phi) is 8.40. The van der Waals surface area contributed by atoms with Crippen molar-refractivity contribution in [3.63, 3.8) is 0 Å². The SMILES string of the molecule is CCN(CC)c1ccc(/C=N\NC(=O)CCC(=O)Nc2ccc(C)c(C)c2)cc1. The molecule has 0 bridgehead atoms. The molecule has 0 radical (unpaired) electrons. The van der Waals surface area contributed by atoms with Crippen LogP contribution in [0.1, 0.15) is 43.4 Å². The van der Waals surface area contributed by atoms with E-state index in [2.05, 4.69) is 34.6 Å². The number of hydrogen-bond acceptors (Lipinski definition) is 4. The Morgan fingerprint density at radius 3 is 2.21 bits per heavy atom. The number of carbonyl (C=O) groups is 2. The largest absolute Gasteiger partial charge is 0.372 e. The van der Waals surface area contributed by atoms with E-state index in [0.717, 1.165) is 35.6 Å². The van der Waals surface area contributed by atoms with E-state index in [1.54, 1.807) is 6.21 Å². The zero-order valence-electron chi connectivity index (χ0n) is 17.7. The molecule has 2 aromatic carbocycles. The van der Waals surface area contributed by atoms with E-state index in [-0.39, 0.29) is 24.7 Å². The average Bonchev–Trinajstić information content (AvgIpc) is 2.71. The summed E-state index contributed by atoms with van der Waals surface area (Å²) in [6, 6.07) is 13.7. The van der Waals surface area contributed by atoms with Crippen LogP contribution in [-0.2, 0) is 9.59 Å². The van der Waals surface area contributed by atoms with E-state index in [1.165, 1.54) is 5.56 Å². The highest BCUT2D eigenvalue weighted by Gasteiger charge is 2.07. The fraction of sp³-hybridized carbons (Fsp3) is 0.348. The van der Waals surface area contributed by atoms with Gasteiger partial charge >= 0.3 is 0 Å². The lowest BCUT2D eigenvalue weighted by atomic mass is 10.1. The van der Waals surface area contributed by atoms with E-state index in [1.807, 2.05) is 56.3 Å². The first kappa shape index (κ1) is 22.1. The highest BCUT2D eigenvalue weighted by atomic mass is 16.2. The van der Waals surface area contributed by atoms with Crippen molar-refractivity contribution < 1.29 is 9.59 Å². The molecule has 154 valence electrons. The van der Waals surface area contributed by atoms with Crippen molar-refractivity contribution in [1.29, 1.82) is 0 Å². The molecule has 0 aliphatic heterocycles. The van der Waals surface area contributed by atoms with Gasteiger partial charge in [-0.05, 0) is 68.7 Å². The third kappa shape index (κ3) is 7.07. The van der Waals surface area contributed by atoms with Crippen LogP contribution in [0.15, 0.2) is 47.6 Å². The van der Waals surface area contributed by atoms with Gasteiger partial charge in [-0.15, -0.1) is 0 Å². The number of carbonyl (C=O) groups excluding carboxylic acids is 2. The molecule has 2 rings (SSSR count). The molecule has 0 aromatic heterocycles. The second-order valence-electron chi connectivity index (χ2n) is 6.90. The van der Waals surface area contributed by atoms with E-state index < -0.39 is 0 Å². The maximum atomic E-state index is 12.0. The topological polar surface area (TPSA) is 73.8 Å². The van der Waals surface area contributed by atoms with Crippen molar-refractivity contribution in [2.75, 3.05) is 23.3 Å². The summed E-state index contributed by atoms with van der Waals surface area (Å²) in [5.41, 5.74) is 7.54. The molecule has 2 amide bonds. The summed E-state index contributed by atoms with van der Waals surface area (Å²) < 4.78 is 0. The number of amides is 2. The van der Waals surface area contributed by atoms with Gasteiger partial charge in [-0.3, -0.25) is 9.59 Å². The Hall–Kier alpha value is -3.15. The number of benzene rings is 2. The lowest BCUT2D eigenvalue weighted by Crippen LogP contribution is -2.21. The maximum Gasteiger partial charge on any atom is 0.240 e. The monoisotopic (exact) mass is 394 g/mol. The Bertz CT molecular complexity index is 856. The molecule has 29 heavy (non-hydrogen) atoms. The smallest absolute Gasteiger partial charge is 0.240 e. The van der Waals surface area contributed by atoms with Crippen molar-refractivity contribution in [2.45, 2.75) is 40.5 Å². The fourth-order valence-electron chi connectivity index (χ4n) is 2.86. The van der Waals surface area contributed by atoms with E-state index in [9.17, 15) is 9.59 Å². The van der Waals surface area contributed by atoms with Gasteiger partial charge in [0.05, 0.1) is 6.21 Å². The van der Waals surface area contributed by atoms with Gasteiger partial charge < -0.3 is 10.2 Å². The zero-order chi connectivity index (χ0) is 21.2. The van der Waals surface area contributed by atoms with Gasteiger partial charge in [-0.25, -0.2) is 5.43 Å². The number of aryl methyl sites for hydroxylation is 2. The Balaban J connectivity index is 1.76. The first-order valence-electron chi connectivity index (χ1n) is 9.97. The first-order chi connectivity index (χ1) is 13.9. The van der Waals surface area contributed by atoms with Crippen molar-refractivity contribution in [2.24, 2.45) is 5.10 Å². The van der Waals surface area contributed by atoms with Crippen molar-refractivity contribution in [1.82, 2.24) is 5.43 Å². The zero-order valence-corrected chi connectivity index (χ0v) is 17.7. The number of hydrogen-bond donors (Lipinski definition) is 2. The normalized spacial score (nSPS) is 10.8. The van der Waals surface area contributed by atoms with Crippen molar-refractivity contribution >= 4 is 29.4 Å². The lowest BCUT2D eigenvalue weighted by molar-refractivity contribution is -0.124. The van der Waals surface area contributed by atoms with Crippen LogP contribution >= 0.6 is 0 Å². The molecule has 2 N–H and O–H groups in total. The third-order valence-electron chi connectivity index (χ3n) is 4.79. The third-order valence-corrected chi connectivity index (χ3v) is 4.79. The van der Waals surface area contributed by atoms with Crippen LogP contribution in [0.3, 0.4) is 0 Å². The minimum atomic E-state index is -0.295. The highest BCUT2D eigenvalue weighted by molar-refractivity contribution is 5.93. The summed E-state index contributed by atoms with van der Waals surface area (Å²) in [4.78, 5) is 26.2. The van der Waals surface area contributed by atoms with Crippen LogP contribution in [-0.4, -0.2) is 31.1 Å².